The third-order valence-electron chi connectivity index (χ3n) is 9.34. The molecular formula is C47H29N5. The number of nitriles is 1. The Morgan fingerprint density at radius 1 is 0.385 bits per heavy atom. The molecule has 0 aliphatic rings. The van der Waals surface area contributed by atoms with Crippen LogP contribution in [0.2, 0.25) is 0 Å². The summed E-state index contributed by atoms with van der Waals surface area (Å²) in [6, 6.07) is 61.5. The van der Waals surface area contributed by atoms with Crippen LogP contribution < -0.4 is 0 Å². The van der Waals surface area contributed by atoms with Crippen LogP contribution in [0.1, 0.15) is 5.56 Å². The summed E-state index contributed by atoms with van der Waals surface area (Å²) in [5.74, 6) is 0.669. The van der Waals surface area contributed by atoms with E-state index in [1.54, 1.807) is 0 Å². The molecule has 0 fully saturated rings. The third kappa shape index (κ3) is 5.85. The molecule has 0 N–H and O–H groups in total. The summed E-state index contributed by atoms with van der Waals surface area (Å²) in [6.45, 7) is 0. The molecule has 0 unspecified atom stereocenters. The topological polar surface area (TPSA) is 75.3 Å². The van der Waals surface area contributed by atoms with Crippen molar-refractivity contribution in [3.63, 3.8) is 0 Å². The van der Waals surface area contributed by atoms with Gasteiger partial charge in [-0.05, 0) is 52.2 Å². The summed E-state index contributed by atoms with van der Waals surface area (Å²) in [6.07, 6.45) is 0. The molecule has 2 aromatic heterocycles. The van der Waals surface area contributed by atoms with Crippen LogP contribution in [-0.4, -0.2) is 19.9 Å². The molecule has 52 heavy (non-hydrogen) atoms. The molecule has 242 valence electrons. The average Bonchev–Trinajstić information content (AvgIpc) is 3.23. The third-order valence-corrected chi connectivity index (χ3v) is 9.34. The molecule has 0 saturated carbocycles. The van der Waals surface area contributed by atoms with Crippen molar-refractivity contribution in [3.8, 4) is 73.6 Å². The van der Waals surface area contributed by atoms with Gasteiger partial charge in [-0.2, -0.15) is 5.26 Å². The second-order valence-electron chi connectivity index (χ2n) is 12.6. The quantitative estimate of drug-likeness (QED) is 0.177. The highest BCUT2D eigenvalue weighted by Crippen LogP contribution is 2.37. The Hall–Kier alpha value is -7.29. The first-order valence-electron chi connectivity index (χ1n) is 17.1. The SMILES string of the molecule is N#Cc1ccc2c(-c3nc4ccccc4nc3-c3ccc(-c4cc(-c5ccc(-c6ccccc6)cc5)nc(-c5ccccc5)n4)cc3)cccc2c1. The van der Waals surface area contributed by atoms with E-state index in [1.165, 1.54) is 5.56 Å². The average molecular weight is 664 g/mol. The van der Waals surface area contributed by atoms with E-state index in [4.69, 9.17) is 19.9 Å². The van der Waals surface area contributed by atoms with E-state index in [0.717, 1.165) is 78.0 Å². The van der Waals surface area contributed by atoms with Crippen LogP contribution in [0.4, 0.5) is 0 Å². The molecule has 9 rings (SSSR count). The van der Waals surface area contributed by atoms with E-state index >= 15 is 0 Å². The molecule has 7 aromatic carbocycles. The highest BCUT2D eigenvalue weighted by Gasteiger charge is 2.17. The van der Waals surface area contributed by atoms with Crippen molar-refractivity contribution in [3.05, 3.63) is 181 Å². The molecule has 0 spiro atoms. The van der Waals surface area contributed by atoms with Crippen LogP contribution >= 0.6 is 0 Å². The van der Waals surface area contributed by atoms with Crippen LogP contribution in [0, 0.1) is 11.3 Å². The number of para-hydroxylation sites is 2. The fraction of sp³-hybridized carbons (Fsp3) is 0. The van der Waals surface area contributed by atoms with Crippen molar-refractivity contribution in [1.82, 2.24) is 19.9 Å². The van der Waals surface area contributed by atoms with Crippen LogP contribution in [0.25, 0.3) is 89.4 Å². The van der Waals surface area contributed by atoms with Crippen molar-refractivity contribution in [1.29, 1.82) is 5.26 Å². The zero-order valence-electron chi connectivity index (χ0n) is 28.0. The molecule has 5 nitrogen and oxygen atoms in total. The second kappa shape index (κ2) is 13.2. The summed E-state index contributed by atoms with van der Waals surface area (Å²) in [5, 5.41) is 11.5. The van der Waals surface area contributed by atoms with Gasteiger partial charge in [0, 0.05) is 27.8 Å². The van der Waals surface area contributed by atoms with Crippen LogP contribution in [0.15, 0.2) is 176 Å². The zero-order chi connectivity index (χ0) is 34.9. The summed E-state index contributed by atoms with van der Waals surface area (Å²) >= 11 is 0. The first-order valence-corrected chi connectivity index (χ1v) is 17.1. The zero-order valence-corrected chi connectivity index (χ0v) is 28.0. The summed E-state index contributed by atoms with van der Waals surface area (Å²) < 4.78 is 0. The normalized spacial score (nSPS) is 11.1. The number of aromatic nitrogens is 4. The maximum Gasteiger partial charge on any atom is 0.160 e. The predicted octanol–water partition coefficient (Wildman–Crippen LogP) is 11.4. The Kier molecular flexibility index (Phi) is 7.81. The largest absolute Gasteiger partial charge is 0.244 e. The lowest BCUT2D eigenvalue weighted by molar-refractivity contribution is 1.18. The van der Waals surface area contributed by atoms with Crippen molar-refractivity contribution < 1.29 is 0 Å². The van der Waals surface area contributed by atoms with E-state index in [1.807, 2.05) is 91.0 Å². The van der Waals surface area contributed by atoms with Crippen molar-refractivity contribution >= 4 is 21.8 Å². The molecule has 9 aromatic rings. The molecular weight excluding hydrogens is 635 g/mol. The molecule has 0 aliphatic carbocycles. The van der Waals surface area contributed by atoms with Gasteiger partial charge in [-0.25, -0.2) is 19.9 Å². The predicted molar refractivity (Wildman–Crippen MR) is 210 cm³/mol. The fourth-order valence-corrected chi connectivity index (χ4v) is 6.67. The van der Waals surface area contributed by atoms with E-state index in [-0.39, 0.29) is 0 Å². The van der Waals surface area contributed by atoms with Crippen LogP contribution in [0.3, 0.4) is 0 Å². The van der Waals surface area contributed by atoms with Gasteiger partial charge in [0.2, 0.25) is 0 Å². The number of rotatable bonds is 6. The molecule has 0 aliphatic heterocycles. The van der Waals surface area contributed by atoms with Gasteiger partial charge in [0.15, 0.2) is 5.82 Å². The fourth-order valence-electron chi connectivity index (χ4n) is 6.67. The van der Waals surface area contributed by atoms with E-state index in [0.29, 0.717) is 11.4 Å². The molecule has 0 bridgehead atoms. The van der Waals surface area contributed by atoms with Crippen molar-refractivity contribution in [2.24, 2.45) is 0 Å². The second-order valence-corrected chi connectivity index (χ2v) is 12.6. The van der Waals surface area contributed by atoms with Gasteiger partial charge in [-0.15, -0.1) is 0 Å². The van der Waals surface area contributed by atoms with Crippen LogP contribution in [0.5, 0.6) is 0 Å². The minimum absolute atomic E-state index is 0.623. The number of hydrogen-bond donors (Lipinski definition) is 0. The van der Waals surface area contributed by atoms with Crippen LogP contribution in [-0.2, 0) is 0 Å². The highest BCUT2D eigenvalue weighted by molar-refractivity contribution is 6.00. The number of benzene rings is 7. The molecule has 0 amide bonds. The number of fused-ring (bicyclic) bond motifs is 2. The Bertz CT molecular complexity index is 2770. The minimum Gasteiger partial charge on any atom is -0.244 e. The van der Waals surface area contributed by atoms with Gasteiger partial charge < -0.3 is 0 Å². The lowest BCUT2D eigenvalue weighted by Gasteiger charge is -2.14. The Balaban J connectivity index is 1.15. The number of nitrogens with zero attached hydrogens (tertiary/aromatic N) is 5. The maximum atomic E-state index is 9.51. The lowest BCUT2D eigenvalue weighted by Crippen LogP contribution is -1.97. The van der Waals surface area contributed by atoms with E-state index < -0.39 is 0 Å². The first-order chi connectivity index (χ1) is 25.7. The molecule has 2 heterocycles. The van der Waals surface area contributed by atoms with E-state index in [9.17, 15) is 5.26 Å². The molecule has 0 radical (unpaired) electrons. The lowest BCUT2D eigenvalue weighted by atomic mass is 9.96. The van der Waals surface area contributed by atoms with Gasteiger partial charge in [0.25, 0.3) is 0 Å². The number of hydrogen-bond acceptors (Lipinski definition) is 5. The summed E-state index contributed by atoms with van der Waals surface area (Å²) in [7, 11) is 0. The van der Waals surface area contributed by atoms with Gasteiger partial charge in [-0.3, -0.25) is 0 Å². The standard InChI is InChI=1S/C47H29N5/c48-30-31-18-27-39-38(28-31)14-9-15-40(39)46-45(49-41-16-7-8-17-42(41)50-46)36-25-23-35(24-26-36)44-29-43(51-47(52-44)37-12-5-2-6-13-37)34-21-19-33(20-22-34)32-10-3-1-4-11-32/h1-29H. The monoisotopic (exact) mass is 663 g/mol. The van der Waals surface area contributed by atoms with Gasteiger partial charge in [-0.1, -0.05) is 146 Å². The maximum absolute atomic E-state index is 9.51. The smallest absolute Gasteiger partial charge is 0.160 e. The van der Waals surface area contributed by atoms with Gasteiger partial charge >= 0.3 is 0 Å². The molecule has 0 saturated heterocycles. The first kappa shape index (κ1) is 30.7. The minimum atomic E-state index is 0.623. The van der Waals surface area contributed by atoms with Crippen molar-refractivity contribution in [2.45, 2.75) is 0 Å². The van der Waals surface area contributed by atoms with Gasteiger partial charge in [0.05, 0.1) is 45.4 Å². The van der Waals surface area contributed by atoms with Crippen molar-refractivity contribution in [2.75, 3.05) is 0 Å². The Morgan fingerprint density at radius 3 is 1.56 bits per heavy atom. The molecule has 0 atom stereocenters. The Morgan fingerprint density at radius 2 is 0.923 bits per heavy atom. The Labute approximate surface area is 301 Å². The van der Waals surface area contributed by atoms with E-state index in [2.05, 4.69) is 91.0 Å². The summed E-state index contributed by atoms with van der Waals surface area (Å²) in [4.78, 5) is 20.4. The van der Waals surface area contributed by atoms with Gasteiger partial charge in [0.1, 0.15) is 0 Å². The highest BCUT2D eigenvalue weighted by atomic mass is 14.9. The summed E-state index contributed by atoms with van der Waals surface area (Å²) in [5.41, 5.74) is 12.7. The molecule has 5 heteroatoms.